The number of nitrogens with one attached hydrogen (secondary N) is 1. The van der Waals surface area contributed by atoms with Crippen molar-refractivity contribution in [3.63, 3.8) is 0 Å². The van der Waals surface area contributed by atoms with Crippen LogP contribution in [0.3, 0.4) is 0 Å². The molecule has 24 heavy (non-hydrogen) atoms. The lowest BCUT2D eigenvalue weighted by molar-refractivity contribution is -0.384. The predicted octanol–water partition coefficient (Wildman–Crippen LogP) is 3.49. The minimum absolute atomic E-state index is 0.0198. The lowest BCUT2D eigenvalue weighted by Crippen LogP contribution is -2.25. The van der Waals surface area contributed by atoms with E-state index in [4.69, 9.17) is 28.0 Å². The van der Waals surface area contributed by atoms with Crippen LogP contribution in [0.4, 0.5) is 5.69 Å². The Balaban J connectivity index is 2.04. The Kier molecular flexibility index (Phi) is 5.58. The second-order valence-electron chi connectivity index (χ2n) is 5.32. The van der Waals surface area contributed by atoms with Crippen LogP contribution in [0.5, 0.6) is 0 Å². The normalized spacial score (nSPS) is 18.8. The van der Waals surface area contributed by atoms with Gasteiger partial charge in [0.2, 0.25) is 0 Å². The van der Waals surface area contributed by atoms with Crippen molar-refractivity contribution >= 4 is 40.6 Å². The summed E-state index contributed by atoms with van der Waals surface area (Å²) in [6.07, 6.45) is 0.884. The van der Waals surface area contributed by atoms with Gasteiger partial charge in [-0.1, -0.05) is 36.7 Å². The van der Waals surface area contributed by atoms with E-state index in [9.17, 15) is 19.7 Å². The zero-order valence-corrected chi connectivity index (χ0v) is 14.2. The fourth-order valence-corrected chi connectivity index (χ4v) is 2.57. The molecule has 1 aromatic rings. The van der Waals surface area contributed by atoms with E-state index in [0.29, 0.717) is 18.4 Å². The number of nitro groups is 1. The average molecular weight is 373 g/mol. The van der Waals surface area contributed by atoms with Gasteiger partial charge in [-0.25, -0.2) is 4.79 Å². The number of rotatable bonds is 7. The van der Waals surface area contributed by atoms with Gasteiger partial charge >= 0.3 is 5.97 Å². The maximum Gasteiger partial charge on any atom is 0.352 e. The fourth-order valence-electron chi connectivity index (χ4n) is 2.03. The summed E-state index contributed by atoms with van der Waals surface area (Å²) in [6.45, 7) is 5.31. The topological polar surface area (TPSA) is 98.5 Å². The third kappa shape index (κ3) is 3.92. The molecule has 0 spiro atoms. The van der Waals surface area contributed by atoms with Gasteiger partial charge in [0.25, 0.3) is 5.69 Å². The molecular formula is C15H14Cl2N2O5. The van der Waals surface area contributed by atoms with E-state index < -0.39 is 16.8 Å². The van der Waals surface area contributed by atoms with Crippen LogP contribution in [0.15, 0.2) is 24.3 Å². The van der Waals surface area contributed by atoms with E-state index in [1.165, 1.54) is 6.07 Å². The molecule has 128 valence electrons. The van der Waals surface area contributed by atoms with E-state index in [1.54, 1.807) is 6.92 Å². The number of nitro benzene ring substituents is 1. The van der Waals surface area contributed by atoms with Crippen molar-refractivity contribution in [2.24, 2.45) is 5.92 Å². The first-order valence-corrected chi connectivity index (χ1v) is 7.84. The van der Waals surface area contributed by atoms with Crippen LogP contribution in [0, 0.1) is 16.0 Å². The summed E-state index contributed by atoms with van der Waals surface area (Å²) in [7, 11) is 0. The molecule has 2 atom stereocenters. The molecule has 7 nitrogen and oxygen atoms in total. The highest BCUT2D eigenvalue weighted by molar-refractivity contribution is 6.38. The molecule has 2 unspecified atom stereocenters. The number of benzene rings is 1. The molecule has 1 aliphatic rings. The minimum Gasteiger partial charge on any atom is -0.367 e. The van der Waals surface area contributed by atoms with E-state index in [-0.39, 0.29) is 33.1 Å². The third-order valence-corrected chi connectivity index (χ3v) is 4.26. The number of hydrogen-bond donors (Lipinski definition) is 1. The molecule has 2 rings (SSSR count). The Morgan fingerprint density at radius 2 is 2.08 bits per heavy atom. The standard InChI is InChI=1S/C15H14Cl2N2O5/c1-3-7(2)15(21)24-18-12-4-9(12)14(20)8-5-13(19(22)23)11(17)6-10(8)16/h5-6,9,12,18H,2-4H2,1H3. The Hall–Kier alpha value is -1.96. The molecule has 0 amide bonds. The average Bonchev–Trinajstić information content (AvgIpc) is 3.30. The van der Waals surface area contributed by atoms with Crippen molar-refractivity contribution in [2.45, 2.75) is 25.8 Å². The molecule has 0 bridgehead atoms. The SMILES string of the molecule is C=C(CC)C(=O)ONC1CC1C(=O)c1cc([N+](=O)[O-])c(Cl)cc1Cl. The highest BCUT2D eigenvalue weighted by atomic mass is 35.5. The second-order valence-corrected chi connectivity index (χ2v) is 6.13. The maximum atomic E-state index is 12.4. The van der Waals surface area contributed by atoms with Gasteiger partial charge in [-0.05, 0) is 18.9 Å². The van der Waals surface area contributed by atoms with Crippen molar-refractivity contribution in [1.29, 1.82) is 0 Å². The third-order valence-electron chi connectivity index (χ3n) is 3.64. The lowest BCUT2D eigenvalue weighted by Gasteiger charge is -2.07. The van der Waals surface area contributed by atoms with Crippen LogP contribution in [0.25, 0.3) is 0 Å². The van der Waals surface area contributed by atoms with Gasteiger partial charge in [-0.15, -0.1) is 5.48 Å². The van der Waals surface area contributed by atoms with Crippen molar-refractivity contribution in [3.8, 4) is 0 Å². The quantitative estimate of drug-likeness (QED) is 0.340. The fraction of sp³-hybridized carbons (Fsp3) is 0.333. The summed E-state index contributed by atoms with van der Waals surface area (Å²) in [4.78, 5) is 39.0. The number of Topliss-reactive ketones (excluding diaryl/α,β-unsaturated/α-hetero) is 1. The van der Waals surface area contributed by atoms with Gasteiger partial charge < -0.3 is 4.84 Å². The van der Waals surface area contributed by atoms with Gasteiger partial charge in [0.1, 0.15) is 5.02 Å². The highest BCUT2D eigenvalue weighted by Gasteiger charge is 2.45. The Morgan fingerprint density at radius 1 is 1.42 bits per heavy atom. The first-order valence-electron chi connectivity index (χ1n) is 7.08. The minimum atomic E-state index is -0.684. The molecule has 0 heterocycles. The number of hydroxylamine groups is 1. The molecule has 9 heteroatoms. The lowest BCUT2D eigenvalue weighted by atomic mass is 10.1. The van der Waals surface area contributed by atoms with Crippen LogP contribution in [0.1, 0.15) is 30.1 Å². The molecule has 1 saturated carbocycles. The van der Waals surface area contributed by atoms with Crippen LogP contribution >= 0.6 is 23.2 Å². The monoisotopic (exact) mass is 372 g/mol. The number of carbonyl (C=O) groups is 2. The van der Waals surface area contributed by atoms with E-state index in [0.717, 1.165) is 6.07 Å². The van der Waals surface area contributed by atoms with Gasteiger partial charge in [-0.3, -0.25) is 14.9 Å². The predicted molar refractivity (Wildman–Crippen MR) is 88.0 cm³/mol. The Labute approximate surface area is 147 Å². The van der Waals surface area contributed by atoms with Crippen LogP contribution in [-0.4, -0.2) is 22.7 Å². The summed E-state index contributed by atoms with van der Waals surface area (Å²) in [6, 6.07) is 1.87. The number of hydrogen-bond acceptors (Lipinski definition) is 6. The summed E-state index contributed by atoms with van der Waals surface area (Å²) < 4.78 is 0. The summed E-state index contributed by atoms with van der Waals surface area (Å²) in [5, 5.41) is 10.8. The molecule has 1 aromatic carbocycles. The number of nitrogens with zero attached hydrogens (tertiary/aromatic N) is 1. The van der Waals surface area contributed by atoms with Crippen molar-refractivity contribution in [2.75, 3.05) is 0 Å². The number of halogens is 2. The van der Waals surface area contributed by atoms with Gasteiger partial charge in [-0.2, -0.15) is 0 Å². The summed E-state index contributed by atoms with van der Waals surface area (Å²) in [5.74, 6) is -1.44. The van der Waals surface area contributed by atoms with Crippen LogP contribution in [0.2, 0.25) is 10.0 Å². The molecule has 1 N–H and O–H groups in total. The van der Waals surface area contributed by atoms with Gasteiger partial charge in [0.15, 0.2) is 5.78 Å². The number of carbonyl (C=O) groups excluding carboxylic acids is 2. The zero-order chi connectivity index (χ0) is 18.0. The van der Waals surface area contributed by atoms with Crippen LogP contribution in [-0.2, 0) is 9.63 Å². The molecule has 0 aromatic heterocycles. The maximum absolute atomic E-state index is 12.4. The van der Waals surface area contributed by atoms with E-state index >= 15 is 0 Å². The molecule has 0 radical (unpaired) electrons. The van der Waals surface area contributed by atoms with E-state index in [2.05, 4.69) is 12.1 Å². The van der Waals surface area contributed by atoms with Crippen molar-refractivity contribution in [3.05, 3.63) is 50.0 Å². The summed E-state index contributed by atoms with van der Waals surface area (Å²) >= 11 is 11.7. The van der Waals surface area contributed by atoms with Gasteiger partial charge in [0.05, 0.1) is 16.0 Å². The largest absolute Gasteiger partial charge is 0.367 e. The Morgan fingerprint density at radius 3 is 2.67 bits per heavy atom. The van der Waals surface area contributed by atoms with Crippen molar-refractivity contribution in [1.82, 2.24) is 5.48 Å². The first-order chi connectivity index (χ1) is 11.3. The molecule has 0 saturated heterocycles. The highest BCUT2D eigenvalue weighted by Crippen LogP contribution is 2.38. The summed E-state index contributed by atoms with van der Waals surface area (Å²) in [5.41, 5.74) is 2.45. The molecule has 0 aliphatic heterocycles. The molecule has 1 aliphatic carbocycles. The second kappa shape index (κ2) is 7.29. The molecule has 1 fully saturated rings. The molecular weight excluding hydrogens is 359 g/mol. The smallest absolute Gasteiger partial charge is 0.352 e. The zero-order valence-electron chi connectivity index (χ0n) is 12.7. The van der Waals surface area contributed by atoms with Gasteiger partial charge in [0, 0.05) is 23.1 Å². The first kappa shape index (κ1) is 18.4. The van der Waals surface area contributed by atoms with Crippen molar-refractivity contribution < 1.29 is 19.3 Å². The number of ketones is 1. The Bertz CT molecular complexity index is 735. The van der Waals surface area contributed by atoms with Crippen LogP contribution < -0.4 is 5.48 Å². The van der Waals surface area contributed by atoms with E-state index in [1.807, 2.05) is 0 Å².